The molecule has 1 aliphatic rings. The Kier molecular flexibility index (Phi) is 8.65. The van der Waals surface area contributed by atoms with Crippen LogP contribution in [0.4, 0.5) is 0 Å². The zero-order valence-electron chi connectivity index (χ0n) is 23.3. The van der Waals surface area contributed by atoms with Crippen molar-refractivity contribution >= 4 is 29.0 Å². The van der Waals surface area contributed by atoms with Crippen molar-refractivity contribution in [1.82, 2.24) is 13.8 Å². The molecule has 1 aliphatic heterocycles. The maximum Gasteiger partial charge on any atom is 0.218 e. The molecule has 8 heteroatoms. The van der Waals surface area contributed by atoms with Crippen LogP contribution in [0.5, 0.6) is 0 Å². The molecule has 0 amide bonds. The SMILES string of the molecule is CC(OCn1cc(CC2CCCN2C)c2cc(CS(=O)(=O)N(C)Cc3ccccc3)ccc21)[Si](C)(C)C. The first kappa shape index (κ1) is 28.0. The van der Waals surface area contributed by atoms with Crippen LogP contribution in [0.3, 0.4) is 0 Å². The minimum absolute atomic E-state index is 0.0105. The number of fused-ring (bicyclic) bond motifs is 1. The van der Waals surface area contributed by atoms with E-state index in [1.165, 1.54) is 22.7 Å². The van der Waals surface area contributed by atoms with Gasteiger partial charge in [-0.05, 0) is 68.6 Å². The zero-order valence-corrected chi connectivity index (χ0v) is 25.1. The molecule has 0 saturated carbocycles. The van der Waals surface area contributed by atoms with E-state index in [4.69, 9.17) is 4.74 Å². The van der Waals surface area contributed by atoms with Gasteiger partial charge in [-0.2, -0.15) is 0 Å². The molecular weight excluding hydrogens is 498 g/mol. The largest absolute Gasteiger partial charge is 0.361 e. The molecule has 3 aromatic rings. The zero-order chi connectivity index (χ0) is 26.8. The fraction of sp³-hybridized carbons (Fsp3) is 0.517. The molecule has 2 atom stereocenters. The molecule has 2 aromatic carbocycles. The van der Waals surface area contributed by atoms with Crippen LogP contribution in [0.15, 0.2) is 54.7 Å². The van der Waals surface area contributed by atoms with Crippen LogP contribution in [-0.4, -0.2) is 62.7 Å². The van der Waals surface area contributed by atoms with Crippen LogP contribution in [-0.2, 0) is 40.2 Å². The number of likely N-dealkylation sites (tertiary alicyclic amines) is 1. The van der Waals surface area contributed by atoms with E-state index in [2.05, 4.69) is 61.4 Å². The van der Waals surface area contributed by atoms with Gasteiger partial charge in [-0.1, -0.05) is 56.0 Å². The molecule has 1 saturated heterocycles. The fourth-order valence-electron chi connectivity index (χ4n) is 4.97. The standard InChI is InChI=1S/C29H43N3O3SSi/c1-23(37(4,5)6)35-22-32-20-26(18-27-13-10-16-30(27)2)28-17-25(14-15-29(28)32)21-36(33,34)31(3)19-24-11-8-7-9-12-24/h7-9,11-12,14-15,17,20,23,27H,10,13,16,18-19,21-22H2,1-6H3. The van der Waals surface area contributed by atoms with Gasteiger partial charge in [0.25, 0.3) is 0 Å². The molecule has 202 valence electrons. The first-order valence-corrected chi connectivity index (χ1v) is 18.5. The fourth-order valence-corrected chi connectivity index (χ4v) is 6.71. The highest BCUT2D eigenvalue weighted by atomic mass is 32.2. The predicted octanol–water partition coefficient (Wildman–Crippen LogP) is 5.48. The lowest BCUT2D eigenvalue weighted by molar-refractivity contribution is 0.0592. The number of likely N-dealkylation sites (N-methyl/N-ethyl adjacent to an activating group) is 1. The van der Waals surface area contributed by atoms with Crippen LogP contribution in [0.25, 0.3) is 10.9 Å². The molecule has 37 heavy (non-hydrogen) atoms. The van der Waals surface area contributed by atoms with Gasteiger partial charge in [-0.3, -0.25) is 0 Å². The summed E-state index contributed by atoms with van der Waals surface area (Å²) in [6, 6.07) is 16.4. The van der Waals surface area contributed by atoms with Gasteiger partial charge in [0.2, 0.25) is 10.0 Å². The molecule has 0 radical (unpaired) electrons. The Morgan fingerprint density at radius 2 is 1.84 bits per heavy atom. The van der Waals surface area contributed by atoms with Crippen molar-refractivity contribution in [2.24, 2.45) is 0 Å². The third-order valence-electron chi connectivity index (χ3n) is 7.91. The molecule has 0 N–H and O–H groups in total. The van der Waals surface area contributed by atoms with E-state index >= 15 is 0 Å². The van der Waals surface area contributed by atoms with Gasteiger partial charge >= 0.3 is 0 Å². The quantitative estimate of drug-likeness (QED) is 0.302. The Balaban J connectivity index is 1.60. The van der Waals surface area contributed by atoms with Gasteiger partial charge in [-0.15, -0.1) is 0 Å². The third-order valence-corrected chi connectivity index (χ3v) is 12.3. The molecule has 0 aliphatic carbocycles. The van der Waals surface area contributed by atoms with E-state index in [0.717, 1.165) is 35.0 Å². The van der Waals surface area contributed by atoms with E-state index in [9.17, 15) is 8.42 Å². The summed E-state index contributed by atoms with van der Waals surface area (Å²) < 4.78 is 36.4. The van der Waals surface area contributed by atoms with Gasteiger partial charge in [0.15, 0.2) is 0 Å². The average molecular weight is 542 g/mol. The molecule has 2 unspecified atom stereocenters. The topological polar surface area (TPSA) is 54.8 Å². The van der Waals surface area contributed by atoms with E-state index in [0.29, 0.717) is 19.3 Å². The van der Waals surface area contributed by atoms with E-state index in [1.54, 1.807) is 7.05 Å². The van der Waals surface area contributed by atoms with E-state index in [-0.39, 0.29) is 11.5 Å². The average Bonchev–Trinajstić information content (AvgIpc) is 3.40. The van der Waals surface area contributed by atoms with E-state index < -0.39 is 18.1 Å². The molecular formula is C29H43N3O3SSi. The van der Waals surface area contributed by atoms with Gasteiger partial charge in [0.1, 0.15) is 6.73 Å². The van der Waals surface area contributed by atoms with Crippen molar-refractivity contribution < 1.29 is 13.2 Å². The summed E-state index contributed by atoms with van der Waals surface area (Å²) >= 11 is 0. The van der Waals surface area contributed by atoms with E-state index in [1.807, 2.05) is 36.4 Å². The molecule has 1 fully saturated rings. The number of rotatable bonds is 11. The van der Waals surface area contributed by atoms with Crippen molar-refractivity contribution in [3.05, 3.63) is 71.4 Å². The molecule has 2 heterocycles. The van der Waals surface area contributed by atoms with Crippen molar-refractivity contribution in [3.63, 3.8) is 0 Å². The maximum atomic E-state index is 13.2. The lowest BCUT2D eigenvalue weighted by Gasteiger charge is -2.25. The van der Waals surface area contributed by atoms with Crippen LogP contribution in [0, 0.1) is 0 Å². The lowest BCUT2D eigenvalue weighted by atomic mass is 10.0. The summed E-state index contributed by atoms with van der Waals surface area (Å²) in [7, 11) is -0.992. The van der Waals surface area contributed by atoms with Gasteiger partial charge in [-0.25, -0.2) is 12.7 Å². The Bertz CT molecular complexity index is 1300. The smallest absolute Gasteiger partial charge is 0.218 e. The van der Waals surface area contributed by atoms with Crippen LogP contribution >= 0.6 is 0 Å². The Labute approximate surface area is 224 Å². The first-order chi connectivity index (χ1) is 17.4. The van der Waals surface area contributed by atoms with Gasteiger partial charge < -0.3 is 14.2 Å². The van der Waals surface area contributed by atoms with Crippen molar-refractivity contribution in [3.8, 4) is 0 Å². The number of nitrogens with zero attached hydrogens (tertiary/aromatic N) is 3. The first-order valence-electron chi connectivity index (χ1n) is 13.3. The minimum Gasteiger partial charge on any atom is -0.361 e. The van der Waals surface area contributed by atoms with Crippen LogP contribution in [0.2, 0.25) is 19.6 Å². The second-order valence-electron chi connectivity index (χ2n) is 11.8. The summed E-state index contributed by atoms with van der Waals surface area (Å²) in [6.45, 7) is 11.2. The number of aromatic nitrogens is 1. The molecule has 0 spiro atoms. The summed E-state index contributed by atoms with van der Waals surface area (Å²) in [5.74, 6) is -0.0105. The van der Waals surface area contributed by atoms with Crippen molar-refractivity contribution in [2.75, 3.05) is 20.6 Å². The minimum atomic E-state index is -3.46. The highest BCUT2D eigenvalue weighted by molar-refractivity contribution is 7.88. The second-order valence-corrected chi connectivity index (χ2v) is 19.4. The summed E-state index contributed by atoms with van der Waals surface area (Å²) in [6.07, 6.45) is 5.62. The highest BCUT2D eigenvalue weighted by Crippen LogP contribution is 2.29. The molecule has 0 bridgehead atoms. The number of ether oxygens (including phenoxy) is 1. The summed E-state index contributed by atoms with van der Waals surface area (Å²) in [4.78, 5) is 2.44. The molecule has 6 nitrogen and oxygen atoms in total. The van der Waals surface area contributed by atoms with Gasteiger partial charge in [0.05, 0.1) is 19.3 Å². The molecule has 4 rings (SSSR count). The normalized spacial score (nSPS) is 18.2. The highest BCUT2D eigenvalue weighted by Gasteiger charge is 2.26. The number of hydrogen-bond acceptors (Lipinski definition) is 4. The number of sulfonamides is 1. The van der Waals surface area contributed by atoms with Crippen molar-refractivity contribution in [1.29, 1.82) is 0 Å². The van der Waals surface area contributed by atoms with Gasteiger partial charge in [0, 0.05) is 36.9 Å². The van der Waals surface area contributed by atoms with Crippen molar-refractivity contribution in [2.45, 2.75) is 76.6 Å². The van der Waals surface area contributed by atoms with Crippen LogP contribution < -0.4 is 0 Å². The summed E-state index contributed by atoms with van der Waals surface area (Å²) in [5, 5.41) is 1.14. The Morgan fingerprint density at radius 1 is 1.11 bits per heavy atom. The molecule has 1 aromatic heterocycles. The number of benzene rings is 2. The summed E-state index contributed by atoms with van der Waals surface area (Å²) in [5.41, 5.74) is 4.44. The number of hydrogen-bond donors (Lipinski definition) is 0. The predicted molar refractivity (Wildman–Crippen MR) is 156 cm³/mol. The maximum absolute atomic E-state index is 13.2. The Morgan fingerprint density at radius 3 is 2.49 bits per heavy atom. The Hall–Kier alpha value is -1.97. The monoisotopic (exact) mass is 541 g/mol. The second kappa shape index (κ2) is 11.4. The lowest BCUT2D eigenvalue weighted by Crippen LogP contribution is -2.38. The van der Waals surface area contributed by atoms with Crippen LogP contribution in [0.1, 0.15) is 36.5 Å². The third kappa shape index (κ3) is 6.92.